The molecule has 1 aliphatic rings. The first-order valence-corrected chi connectivity index (χ1v) is 12.3. The van der Waals surface area contributed by atoms with Gasteiger partial charge in [0.1, 0.15) is 0 Å². The molecule has 0 N–H and O–H groups in total. The molecular formula is C21H25ClN2O3S2. The highest BCUT2D eigenvalue weighted by Gasteiger charge is 2.25. The summed E-state index contributed by atoms with van der Waals surface area (Å²) in [6, 6.07) is 10.4. The second kappa shape index (κ2) is 9.89. The smallest absolute Gasteiger partial charge is 0.243 e. The van der Waals surface area contributed by atoms with Gasteiger partial charge in [-0.1, -0.05) is 36.2 Å². The molecule has 0 radical (unpaired) electrons. The van der Waals surface area contributed by atoms with Gasteiger partial charge in [0.15, 0.2) is 0 Å². The number of piperidine rings is 1. The van der Waals surface area contributed by atoms with Crippen LogP contribution in [0.5, 0.6) is 0 Å². The summed E-state index contributed by atoms with van der Waals surface area (Å²) in [4.78, 5) is 15.8. The number of halogens is 1. The van der Waals surface area contributed by atoms with Crippen molar-refractivity contribution in [2.24, 2.45) is 0 Å². The van der Waals surface area contributed by atoms with Crippen LogP contribution in [0.1, 0.15) is 29.7 Å². The first-order valence-electron chi connectivity index (χ1n) is 9.62. The molecule has 156 valence electrons. The molecule has 3 rings (SSSR count). The number of amides is 1. The number of rotatable bonds is 8. The lowest BCUT2D eigenvalue weighted by Crippen LogP contribution is -2.35. The Kier molecular flexibility index (Phi) is 7.51. The quantitative estimate of drug-likeness (QED) is 0.560. The number of carbonyl (C=O) groups excluding carboxylic acids is 1. The Balaban J connectivity index is 1.67. The van der Waals surface area contributed by atoms with E-state index in [0.717, 1.165) is 29.7 Å². The molecule has 0 unspecified atom stereocenters. The number of benzene rings is 1. The monoisotopic (exact) mass is 452 g/mol. The first kappa shape index (κ1) is 22.0. The number of sulfonamides is 1. The van der Waals surface area contributed by atoms with Gasteiger partial charge in [0.25, 0.3) is 0 Å². The van der Waals surface area contributed by atoms with E-state index in [1.54, 1.807) is 39.5 Å². The summed E-state index contributed by atoms with van der Waals surface area (Å²) >= 11 is 7.43. The fourth-order valence-electron chi connectivity index (χ4n) is 3.36. The maximum absolute atomic E-state index is 12.8. The highest BCUT2D eigenvalue weighted by molar-refractivity contribution is 7.89. The third kappa shape index (κ3) is 5.69. The van der Waals surface area contributed by atoms with Crippen molar-refractivity contribution in [3.63, 3.8) is 0 Å². The van der Waals surface area contributed by atoms with E-state index in [9.17, 15) is 13.2 Å². The summed E-state index contributed by atoms with van der Waals surface area (Å²) in [5, 5.41) is 0. The maximum atomic E-state index is 12.8. The molecule has 0 saturated carbocycles. The van der Waals surface area contributed by atoms with Gasteiger partial charge in [-0.25, -0.2) is 8.42 Å². The van der Waals surface area contributed by atoms with Crippen molar-refractivity contribution < 1.29 is 13.2 Å². The summed E-state index contributed by atoms with van der Waals surface area (Å²) in [7, 11) is -3.46. The van der Waals surface area contributed by atoms with E-state index in [0.29, 0.717) is 30.5 Å². The molecule has 0 spiro atoms. The Bertz CT molecular complexity index is 949. The van der Waals surface area contributed by atoms with Crippen LogP contribution in [0.4, 0.5) is 0 Å². The Morgan fingerprint density at radius 2 is 1.83 bits per heavy atom. The molecule has 2 heterocycles. The van der Waals surface area contributed by atoms with Crippen molar-refractivity contribution >= 4 is 38.9 Å². The van der Waals surface area contributed by atoms with Gasteiger partial charge in [0.2, 0.25) is 15.9 Å². The largest absolute Gasteiger partial charge is 0.334 e. The molecule has 1 saturated heterocycles. The Labute approximate surface area is 181 Å². The standard InChI is InChI=1S/C21H25ClN2O3S2/c1-2-12-23(16-18-8-11-20(22)28-18)21(25)15-17-6-9-19(10-7-17)29(26,27)24-13-4-3-5-14-24/h2,6-11H,1,3-5,12-16H2. The van der Waals surface area contributed by atoms with Gasteiger partial charge in [0.05, 0.1) is 22.2 Å². The zero-order valence-electron chi connectivity index (χ0n) is 16.2. The third-order valence-corrected chi connectivity index (χ3v) is 8.04. The van der Waals surface area contributed by atoms with Gasteiger partial charge < -0.3 is 4.90 Å². The molecule has 1 fully saturated rings. The van der Waals surface area contributed by atoms with Crippen molar-refractivity contribution in [2.45, 2.75) is 37.1 Å². The van der Waals surface area contributed by atoms with E-state index in [2.05, 4.69) is 6.58 Å². The second-order valence-electron chi connectivity index (χ2n) is 7.05. The summed E-state index contributed by atoms with van der Waals surface area (Å²) in [6.45, 7) is 5.80. The number of hydrogen-bond acceptors (Lipinski definition) is 4. The third-order valence-electron chi connectivity index (χ3n) is 4.91. The zero-order chi connectivity index (χ0) is 20.9. The second-order valence-corrected chi connectivity index (χ2v) is 10.8. The van der Waals surface area contributed by atoms with Gasteiger partial charge >= 0.3 is 0 Å². The number of nitrogens with zero attached hydrogens (tertiary/aromatic N) is 2. The van der Waals surface area contributed by atoms with Crippen molar-refractivity contribution in [3.05, 3.63) is 63.8 Å². The van der Waals surface area contributed by atoms with E-state index in [1.165, 1.54) is 11.3 Å². The van der Waals surface area contributed by atoms with Crippen LogP contribution in [0.15, 0.2) is 53.9 Å². The summed E-state index contributed by atoms with van der Waals surface area (Å²) in [5.41, 5.74) is 0.783. The van der Waals surface area contributed by atoms with Crippen molar-refractivity contribution in [3.8, 4) is 0 Å². The van der Waals surface area contributed by atoms with Crippen molar-refractivity contribution in [1.29, 1.82) is 0 Å². The predicted octanol–water partition coefficient (Wildman–Crippen LogP) is 4.33. The van der Waals surface area contributed by atoms with Crippen LogP contribution in [0.3, 0.4) is 0 Å². The lowest BCUT2D eigenvalue weighted by atomic mass is 10.1. The number of thiophene rings is 1. The molecule has 0 bridgehead atoms. The Morgan fingerprint density at radius 3 is 2.41 bits per heavy atom. The molecule has 1 aromatic carbocycles. The summed E-state index contributed by atoms with van der Waals surface area (Å²) in [6.07, 6.45) is 4.78. The Morgan fingerprint density at radius 1 is 1.14 bits per heavy atom. The minimum absolute atomic E-state index is 0.0407. The van der Waals surface area contributed by atoms with Crippen molar-refractivity contribution in [2.75, 3.05) is 19.6 Å². The Hall–Kier alpha value is -1.67. The molecule has 0 atom stereocenters. The number of carbonyl (C=O) groups is 1. The molecule has 1 aromatic heterocycles. The summed E-state index contributed by atoms with van der Waals surface area (Å²) < 4.78 is 27.7. The van der Waals surface area contributed by atoms with E-state index in [-0.39, 0.29) is 17.2 Å². The fourth-order valence-corrected chi connectivity index (χ4v) is 5.98. The van der Waals surface area contributed by atoms with E-state index < -0.39 is 10.0 Å². The lowest BCUT2D eigenvalue weighted by molar-refractivity contribution is -0.130. The minimum Gasteiger partial charge on any atom is -0.334 e. The van der Waals surface area contributed by atoms with Gasteiger partial charge in [-0.2, -0.15) is 4.31 Å². The number of hydrogen-bond donors (Lipinski definition) is 0. The van der Waals surface area contributed by atoms with Gasteiger partial charge in [-0.3, -0.25) is 4.79 Å². The predicted molar refractivity (Wildman–Crippen MR) is 118 cm³/mol. The average molecular weight is 453 g/mol. The molecule has 0 aliphatic carbocycles. The highest BCUT2D eigenvalue weighted by Crippen LogP contribution is 2.24. The summed E-state index contributed by atoms with van der Waals surface area (Å²) in [5.74, 6) is -0.0407. The molecule has 1 aliphatic heterocycles. The topological polar surface area (TPSA) is 57.7 Å². The van der Waals surface area contributed by atoms with Crippen LogP contribution in [0.25, 0.3) is 0 Å². The van der Waals surface area contributed by atoms with Crippen molar-refractivity contribution in [1.82, 2.24) is 9.21 Å². The zero-order valence-corrected chi connectivity index (χ0v) is 18.6. The first-order chi connectivity index (χ1) is 13.9. The van der Waals surface area contributed by atoms with Crippen LogP contribution in [-0.2, 0) is 27.8 Å². The van der Waals surface area contributed by atoms with E-state index in [4.69, 9.17) is 11.6 Å². The van der Waals surface area contributed by atoms with Crippen LogP contribution in [-0.4, -0.2) is 43.2 Å². The van der Waals surface area contributed by atoms with Crippen LogP contribution in [0.2, 0.25) is 4.34 Å². The van der Waals surface area contributed by atoms with Crippen LogP contribution >= 0.6 is 22.9 Å². The van der Waals surface area contributed by atoms with Gasteiger partial charge in [-0.05, 0) is 42.7 Å². The molecule has 5 nitrogen and oxygen atoms in total. The molecule has 2 aromatic rings. The average Bonchev–Trinajstić information content (AvgIpc) is 3.13. The minimum atomic E-state index is -3.46. The van der Waals surface area contributed by atoms with E-state index in [1.807, 2.05) is 12.1 Å². The SMILES string of the molecule is C=CCN(Cc1ccc(Cl)s1)C(=O)Cc1ccc(S(=O)(=O)N2CCCCC2)cc1. The molecule has 29 heavy (non-hydrogen) atoms. The highest BCUT2D eigenvalue weighted by atomic mass is 35.5. The fraction of sp³-hybridized carbons (Fsp3) is 0.381. The molecule has 8 heteroatoms. The molecule has 1 amide bonds. The van der Waals surface area contributed by atoms with Gasteiger partial charge in [-0.15, -0.1) is 17.9 Å². The molecular weight excluding hydrogens is 428 g/mol. The van der Waals surface area contributed by atoms with E-state index >= 15 is 0 Å². The van der Waals surface area contributed by atoms with Crippen LogP contribution < -0.4 is 0 Å². The maximum Gasteiger partial charge on any atom is 0.243 e. The van der Waals surface area contributed by atoms with Gasteiger partial charge in [0, 0.05) is 24.5 Å². The lowest BCUT2D eigenvalue weighted by Gasteiger charge is -2.26. The van der Waals surface area contributed by atoms with Crippen LogP contribution in [0, 0.1) is 0 Å². The normalized spacial score (nSPS) is 15.2.